The third-order valence-electron chi connectivity index (χ3n) is 5.80. The molecule has 206 valence electrons. The summed E-state index contributed by atoms with van der Waals surface area (Å²) in [7, 11) is 0. The highest BCUT2D eigenvalue weighted by atomic mass is 19.4. The molecule has 2 heterocycles. The van der Waals surface area contributed by atoms with Crippen LogP contribution >= 0.6 is 0 Å². The Morgan fingerprint density at radius 3 is 2.38 bits per heavy atom. The van der Waals surface area contributed by atoms with E-state index in [0.717, 1.165) is 0 Å². The van der Waals surface area contributed by atoms with Crippen molar-refractivity contribution in [2.45, 2.75) is 38.2 Å². The van der Waals surface area contributed by atoms with E-state index in [0.29, 0.717) is 27.2 Å². The summed E-state index contributed by atoms with van der Waals surface area (Å²) in [6.07, 6.45) is -7.07. The molecule has 1 N–H and O–H groups in total. The summed E-state index contributed by atoms with van der Waals surface area (Å²) in [5.41, 5.74) is 0.253. The summed E-state index contributed by atoms with van der Waals surface area (Å²) in [5, 5.41) is 8.58. The summed E-state index contributed by atoms with van der Waals surface area (Å²) in [6.45, 7) is -1.06. The van der Waals surface area contributed by atoms with Gasteiger partial charge in [0.2, 0.25) is 17.6 Å². The van der Waals surface area contributed by atoms with Crippen LogP contribution in [0.3, 0.4) is 0 Å². The molecule has 1 aromatic heterocycles. The van der Waals surface area contributed by atoms with Crippen LogP contribution in [0.4, 0.5) is 31.1 Å². The van der Waals surface area contributed by atoms with Gasteiger partial charge in [-0.3, -0.25) is 19.1 Å². The second-order valence-electron chi connectivity index (χ2n) is 8.52. The molecule has 1 unspecified atom stereocenters. The number of carbonyl (C=O) groups is 3. The van der Waals surface area contributed by atoms with Gasteiger partial charge in [-0.1, -0.05) is 30.3 Å². The number of alkyl carbamates (subject to hydrolysis) is 1. The number of benzene rings is 2. The van der Waals surface area contributed by atoms with Crippen molar-refractivity contribution in [1.29, 1.82) is 0 Å². The summed E-state index contributed by atoms with van der Waals surface area (Å²) in [6, 6.07) is 8.10. The van der Waals surface area contributed by atoms with Gasteiger partial charge in [0.15, 0.2) is 11.6 Å². The lowest BCUT2D eigenvalue weighted by Crippen LogP contribution is -2.48. The van der Waals surface area contributed by atoms with Crippen molar-refractivity contribution in [1.82, 2.24) is 25.0 Å². The van der Waals surface area contributed by atoms with Crippen molar-refractivity contribution in [3.63, 3.8) is 0 Å². The van der Waals surface area contributed by atoms with Gasteiger partial charge in [-0.15, -0.1) is 10.2 Å². The Hall–Kier alpha value is -4.43. The molecule has 1 aliphatic rings. The number of nitrogens with zero attached hydrogens (tertiary/aromatic N) is 4. The van der Waals surface area contributed by atoms with E-state index in [9.17, 15) is 40.7 Å². The molecule has 39 heavy (non-hydrogen) atoms. The Bertz CT molecular complexity index is 1400. The molecule has 0 saturated heterocycles. The highest BCUT2D eigenvalue weighted by Crippen LogP contribution is 2.29. The number of ether oxygens (including phenoxy) is 1. The SMILES string of the molecule is O=C(NC(CC(=O)N1CCn2c(nnc2C(F)(F)F)C1=O)Cc1cc(F)c(F)cc1F)OCc1ccccc1. The van der Waals surface area contributed by atoms with Gasteiger partial charge >= 0.3 is 12.3 Å². The summed E-state index contributed by atoms with van der Waals surface area (Å²) < 4.78 is 86.4. The number of hydrogen-bond donors (Lipinski definition) is 1. The highest BCUT2D eigenvalue weighted by Gasteiger charge is 2.42. The van der Waals surface area contributed by atoms with Crippen molar-refractivity contribution in [3.8, 4) is 0 Å². The van der Waals surface area contributed by atoms with E-state index in [4.69, 9.17) is 4.74 Å². The number of halogens is 6. The minimum Gasteiger partial charge on any atom is -0.445 e. The largest absolute Gasteiger partial charge is 0.451 e. The number of alkyl halides is 3. The van der Waals surface area contributed by atoms with Crippen LogP contribution in [0.1, 0.15) is 34.0 Å². The van der Waals surface area contributed by atoms with E-state index in [-0.39, 0.29) is 12.2 Å². The predicted octanol–water partition coefficient (Wildman–Crippen LogP) is 3.62. The first-order chi connectivity index (χ1) is 18.4. The van der Waals surface area contributed by atoms with Crippen molar-refractivity contribution in [2.24, 2.45) is 0 Å². The molecule has 0 spiro atoms. The average Bonchev–Trinajstić information content (AvgIpc) is 3.33. The first-order valence-corrected chi connectivity index (χ1v) is 11.4. The van der Waals surface area contributed by atoms with Crippen LogP contribution in [0.15, 0.2) is 42.5 Å². The number of amides is 3. The van der Waals surface area contributed by atoms with Crippen LogP contribution in [0.5, 0.6) is 0 Å². The first-order valence-electron chi connectivity index (χ1n) is 11.4. The van der Waals surface area contributed by atoms with Crippen LogP contribution in [-0.2, 0) is 35.3 Å². The normalized spacial score (nSPS) is 14.1. The fourth-order valence-corrected chi connectivity index (χ4v) is 3.96. The number of hydrogen-bond acceptors (Lipinski definition) is 6. The van der Waals surface area contributed by atoms with Gasteiger partial charge in [-0.05, 0) is 23.6 Å². The molecule has 3 amide bonds. The molecule has 15 heteroatoms. The average molecular weight is 555 g/mol. The molecule has 1 atom stereocenters. The Morgan fingerprint density at radius 1 is 1.00 bits per heavy atom. The number of fused-ring (bicyclic) bond motifs is 1. The Morgan fingerprint density at radius 2 is 1.69 bits per heavy atom. The van der Waals surface area contributed by atoms with E-state index in [1.165, 1.54) is 0 Å². The minimum absolute atomic E-state index is 0.158. The van der Waals surface area contributed by atoms with Crippen molar-refractivity contribution >= 4 is 17.9 Å². The maximum absolute atomic E-state index is 14.3. The zero-order valence-electron chi connectivity index (χ0n) is 19.8. The number of carbonyl (C=O) groups excluding carboxylic acids is 3. The molecule has 0 bridgehead atoms. The molecule has 3 aromatic rings. The maximum Gasteiger partial charge on any atom is 0.451 e. The van der Waals surface area contributed by atoms with Gasteiger partial charge in [-0.2, -0.15) is 13.2 Å². The van der Waals surface area contributed by atoms with Gasteiger partial charge in [0.05, 0.1) is 0 Å². The zero-order chi connectivity index (χ0) is 28.3. The molecule has 0 fully saturated rings. The van der Waals surface area contributed by atoms with E-state index in [1.807, 2.05) is 0 Å². The van der Waals surface area contributed by atoms with Gasteiger partial charge in [-0.25, -0.2) is 18.0 Å². The maximum atomic E-state index is 14.3. The first kappa shape index (κ1) is 27.6. The van der Waals surface area contributed by atoms with Crippen LogP contribution < -0.4 is 5.32 Å². The summed E-state index contributed by atoms with van der Waals surface area (Å²) >= 11 is 0. The standard InChI is InChI=1S/C24H19F6N5O4/c25-16-11-18(27)17(26)9-14(16)8-15(31-23(38)39-12-13-4-2-1-3-5-13)10-19(36)34-6-7-35-20(21(34)37)32-33-22(35)24(28,29)30/h1-5,9,11,15H,6-8,10,12H2,(H,31,38). The van der Waals surface area contributed by atoms with Crippen molar-refractivity contribution in [2.75, 3.05) is 6.54 Å². The van der Waals surface area contributed by atoms with E-state index in [2.05, 4.69) is 15.5 Å². The molecule has 1 aliphatic heterocycles. The fraction of sp³-hybridized carbons (Fsp3) is 0.292. The smallest absolute Gasteiger partial charge is 0.445 e. The molecular formula is C24H19F6N5O4. The Balaban J connectivity index is 1.50. The number of aromatic nitrogens is 3. The van der Waals surface area contributed by atoms with E-state index >= 15 is 0 Å². The van der Waals surface area contributed by atoms with Crippen LogP contribution in [0, 0.1) is 17.5 Å². The topological polar surface area (TPSA) is 106 Å². The molecule has 0 aliphatic carbocycles. The number of nitrogens with one attached hydrogen (secondary N) is 1. The van der Waals surface area contributed by atoms with Gasteiger partial charge in [0.25, 0.3) is 5.91 Å². The van der Waals surface area contributed by atoms with Gasteiger partial charge in [0, 0.05) is 31.6 Å². The van der Waals surface area contributed by atoms with Crippen LogP contribution in [0.25, 0.3) is 0 Å². The minimum atomic E-state index is -4.87. The molecule has 9 nitrogen and oxygen atoms in total. The van der Waals surface area contributed by atoms with E-state index < -0.39 is 85.2 Å². The molecular weight excluding hydrogens is 536 g/mol. The fourth-order valence-electron chi connectivity index (χ4n) is 3.96. The quantitative estimate of drug-likeness (QED) is 0.353. The lowest BCUT2D eigenvalue weighted by atomic mass is 10.0. The van der Waals surface area contributed by atoms with E-state index in [1.54, 1.807) is 30.3 Å². The highest BCUT2D eigenvalue weighted by molar-refractivity contribution is 6.03. The third-order valence-corrected chi connectivity index (χ3v) is 5.80. The molecule has 4 rings (SSSR count). The summed E-state index contributed by atoms with van der Waals surface area (Å²) in [5.74, 6) is -8.16. The van der Waals surface area contributed by atoms with Crippen molar-refractivity contribution in [3.05, 3.63) is 82.7 Å². The van der Waals surface area contributed by atoms with Crippen LogP contribution in [-0.4, -0.2) is 50.2 Å². The second-order valence-corrected chi connectivity index (χ2v) is 8.52. The Kier molecular flexibility index (Phi) is 7.88. The second kappa shape index (κ2) is 11.1. The monoisotopic (exact) mass is 555 g/mol. The number of rotatable bonds is 7. The van der Waals surface area contributed by atoms with Crippen LogP contribution in [0.2, 0.25) is 0 Å². The molecule has 0 radical (unpaired) electrons. The Labute approximate surface area is 216 Å². The molecule has 2 aromatic carbocycles. The molecule has 0 saturated carbocycles. The lowest BCUT2D eigenvalue weighted by Gasteiger charge is -2.28. The number of imide groups is 1. The van der Waals surface area contributed by atoms with Crippen molar-refractivity contribution < 1.29 is 45.5 Å². The predicted molar refractivity (Wildman–Crippen MR) is 119 cm³/mol. The lowest BCUT2D eigenvalue weighted by molar-refractivity contribution is -0.147. The third kappa shape index (κ3) is 6.35. The summed E-state index contributed by atoms with van der Waals surface area (Å²) in [4.78, 5) is 38.7. The zero-order valence-corrected chi connectivity index (χ0v) is 19.8. The van der Waals surface area contributed by atoms with Gasteiger partial charge in [0.1, 0.15) is 12.4 Å². The van der Waals surface area contributed by atoms with Gasteiger partial charge < -0.3 is 10.1 Å².